The lowest BCUT2D eigenvalue weighted by molar-refractivity contribution is -0.632. The molecule has 1 aliphatic carbocycles. The molecule has 0 radical (unpaired) electrons. The quantitative estimate of drug-likeness (QED) is 0.522. The summed E-state index contributed by atoms with van der Waals surface area (Å²) in [6.07, 6.45) is 5.61. The Morgan fingerprint density at radius 3 is 2.81 bits per heavy atom. The average molecular weight is 442 g/mol. The first-order chi connectivity index (χ1) is 15.3. The van der Waals surface area contributed by atoms with E-state index in [0.717, 1.165) is 42.3 Å². The zero-order valence-corrected chi connectivity index (χ0v) is 18.0. The van der Waals surface area contributed by atoms with Crippen LogP contribution in [0.5, 0.6) is 0 Å². The van der Waals surface area contributed by atoms with Gasteiger partial charge >= 0.3 is 0 Å². The highest BCUT2D eigenvalue weighted by atomic mass is 19.3. The number of rotatable bonds is 5. The Bertz CT molecular complexity index is 1240. The van der Waals surface area contributed by atoms with Crippen LogP contribution in [-0.4, -0.2) is 49.7 Å². The van der Waals surface area contributed by atoms with E-state index in [4.69, 9.17) is 0 Å². The lowest BCUT2D eigenvalue weighted by Gasteiger charge is -2.33. The molecule has 1 fully saturated rings. The Labute approximate surface area is 183 Å². The number of hydrogen-bond acceptors (Lipinski definition) is 6. The molecule has 3 aromatic rings. The van der Waals surface area contributed by atoms with Crippen LogP contribution in [0.3, 0.4) is 0 Å². The first-order valence-corrected chi connectivity index (χ1v) is 10.8. The standard InChI is InChI=1S/C22H26F2N7O/c1-22(32)8-5-13(6-9-22)27-21-28-20(25-2)19-15(7-10-30(19)29-21)16-3-4-18-26-12-14(31(16)18)11-17(23)24/h3-4,7,10,12-13,17,32H,5-6,8-9,11H2,1-2H3,(H2,25,27,28,29)/q+1. The second-order valence-electron chi connectivity index (χ2n) is 8.73. The second kappa shape index (κ2) is 7.77. The van der Waals surface area contributed by atoms with E-state index in [2.05, 4.69) is 25.7 Å². The summed E-state index contributed by atoms with van der Waals surface area (Å²) in [6.45, 7) is 1.87. The predicted molar refractivity (Wildman–Crippen MR) is 116 cm³/mol. The summed E-state index contributed by atoms with van der Waals surface area (Å²) in [5.41, 5.74) is 2.09. The fourth-order valence-electron chi connectivity index (χ4n) is 4.57. The molecule has 32 heavy (non-hydrogen) atoms. The molecule has 1 aliphatic heterocycles. The number of fused-ring (bicyclic) bond motifs is 2. The van der Waals surface area contributed by atoms with Crippen LogP contribution in [0.1, 0.15) is 44.0 Å². The van der Waals surface area contributed by atoms with Crippen LogP contribution in [-0.2, 0) is 6.42 Å². The van der Waals surface area contributed by atoms with E-state index < -0.39 is 12.0 Å². The van der Waals surface area contributed by atoms with Gasteiger partial charge in [0.1, 0.15) is 5.65 Å². The molecular weight excluding hydrogens is 416 g/mol. The number of nitrogens with zero attached hydrogens (tertiary/aromatic N) is 5. The van der Waals surface area contributed by atoms with E-state index in [9.17, 15) is 13.9 Å². The zero-order chi connectivity index (χ0) is 22.5. The number of allylic oxidation sites excluding steroid dienone is 1. The van der Waals surface area contributed by atoms with E-state index in [-0.39, 0.29) is 12.5 Å². The van der Waals surface area contributed by atoms with Gasteiger partial charge < -0.3 is 15.7 Å². The summed E-state index contributed by atoms with van der Waals surface area (Å²) < 4.78 is 29.6. The largest absolute Gasteiger partial charge is 0.390 e. The highest BCUT2D eigenvalue weighted by Gasteiger charge is 2.32. The molecule has 10 heteroatoms. The molecule has 1 saturated carbocycles. The summed E-state index contributed by atoms with van der Waals surface area (Å²) in [7, 11) is 1.79. The zero-order valence-electron chi connectivity index (χ0n) is 18.0. The highest BCUT2D eigenvalue weighted by Crippen LogP contribution is 2.29. The van der Waals surface area contributed by atoms with E-state index >= 15 is 0 Å². The minimum Gasteiger partial charge on any atom is -0.390 e. The molecule has 5 rings (SSSR count). The molecular formula is C22H26F2N7O+. The molecule has 3 aromatic heterocycles. The van der Waals surface area contributed by atoms with E-state index in [1.54, 1.807) is 16.1 Å². The maximum Gasteiger partial charge on any atom is 0.291 e. The van der Waals surface area contributed by atoms with Crippen molar-refractivity contribution in [1.82, 2.24) is 19.5 Å². The van der Waals surface area contributed by atoms with E-state index in [1.807, 2.05) is 31.3 Å². The normalized spacial score (nSPS) is 24.4. The third kappa shape index (κ3) is 3.68. The molecule has 0 saturated heterocycles. The monoisotopic (exact) mass is 442 g/mol. The van der Waals surface area contributed by atoms with Crippen LogP contribution in [0.2, 0.25) is 0 Å². The van der Waals surface area contributed by atoms with Gasteiger partial charge in [-0.2, -0.15) is 4.98 Å². The summed E-state index contributed by atoms with van der Waals surface area (Å²) in [5, 5.41) is 22.1. The van der Waals surface area contributed by atoms with Gasteiger partial charge in [-0.05, 0) is 49.4 Å². The summed E-state index contributed by atoms with van der Waals surface area (Å²) >= 11 is 0. The van der Waals surface area contributed by atoms with Gasteiger partial charge in [0.2, 0.25) is 18.4 Å². The van der Waals surface area contributed by atoms with Gasteiger partial charge in [-0.3, -0.25) is 4.40 Å². The van der Waals surface area contributed by atoms with Crippen molar-refractivity contribution in [3.63, 3.8) is 0 Å². The van der Waals surface area contributed by atoms with Gasteiger partial charge in [-0.25, -0.2) is 13.8 Å². The molecule has 0 aromatic carbocycles. The average Bonchev–Trinajstić information content (AvgIpc) is 3.45. The van der Waals surface area contributed by atoms with Crippen LogP contribution in [0, 0.1) is 0 Å². The van der Waals surface area contributed by atoms with Gasteiger partial charge in [0.05, 0.1) is 22.9 Å². The van der Waals surface area contributed by atoms with Crippen molar-refractivity contribution in [1.29, 1.82) is 0 Å². The van der Waals surface area contributed by atoms with E-state index in [1.165, 1.54) is 6.20 Å². The smallest absolute Gasteiger partial charge is 0.291 e. The van der Waals surface area contributed by atoms with Crippen molar-refractivity contribution in [2.45, 2.75) is 57.1 Å². The number of alkyl halides is 2. The third-order valence-corrected chi connectivity index (χ3v) is 6.28. The van der Waals surface area contributed by atoms with Gasteiger partial charge in [0.25, 0.3) is 11.6 Å². The molecule has 4 heterocycles. The fraction of sp³-hybridized carbons (Fsp3) is 0.455. The van der Waals surface area contributed by atoms with E-state index in [0.29, 0.717) is 23.1 Å². The van der Waals surface area contributed by atoms with Gasteiger partial charge in [-0.15, -0.1) is 0 Å². The van der Waals surface area contributed by atoms with Crippen molar-refractivity contribution in [3.05, 3.63) is 41.1 Å². The minimum absolute atomic E-state index is 0.199. The molecule has 0 atom stereocenters. The molecule has 3 N–H and O–H groups in total. The summed E-state index contributed by atoms with van der Waals surface area (Å²) in [6, 6.07) is 3.90. The first-order valence-electron chi connectivity index (χ1n) is 10.8. The van der Waals surface area contributed by atoms with Crippen LogP contribution < -0.4 is 20.7 Å². The van der Waals surface area contributed by atoms with Gasteiger partial charge in [0.15, 0.2) is 0 Å². The number of nitrogens with one attached hydrogen (secondary N) is 2. The molecule has 0 bridgehead atoms. The number of hydrogen-bond donors (Lipinski definition) is 3. The first kappa shape index (κ1) is 20.7. The van der Waals surface area contributed by atoms with Gasteiger partial charge in [-0.1, -0.05) is 0 Å². The van der Waals surface area contributed by atoms with Crippen LogP contribution in [0.25, 0.3) is 17.4 Å². The molecule has 2 aliphatic rings. The van der Waals surface area contributed by atoms with Crippen LogP contribution in [0.15, 0.2) is 24.4 Å². The Kier molecular flexibility index (Phi) is 5.04. The van der Waals surface area contributed by atoms with Crippen molar-refractivity contribution in [2.24, 2.45) is 0 Å². The number of aromatic nitrogens is 5. The van der Waals surface area contributed by atoms with Crippen LogP contribution in [0.4, 0.5) is 20.5 Å². The predicted octanol–water partition coefficient (Wildman–Crippen LogP) is 1.77. The Hall–Kier alpha value is -3.14. The van der Waals surface area contributed by atoms with Crippen molar-refractivity contribution in [2.75, 3.05) is 17.7 Å². The van der Waals surface area contributed by atoms with Crippen molar-refractivity contribution < 1.29 is 18.6 Å². The molecule has 0 unspecified atom stereocenters. The van der Waals surface area contributed by atoms with Crippen molar-refractivity contribution in [3.8, 4) is 0 Å². The SMILES string of the molecule is CNc1nc(NC2CCC(C)(O)CC2)n[n+]2c1/C(=c1/ccc3ncc(CC(F)F)n13)C=C2. The fourth-order valence-corrected chi connectivity index (χ4v) is 4.57. The van der Waals surface area contributed by atoms with Gasteiger partial charge in [0, 0.05) is 36.2 Å². The number of imidazole rings is 1. The number of aliphatic hydroxyl groups is 1. The highest BCUT2D eigenvalue weighted by molar-refractivity contribution is 5.80. The maximum absolute atomic E-state index is 13.1. The lowest BCUT2D eigenvalue weighted by atomic mass is 9.84. The Morgan fingerprint density at radius 2 is 2.09 bits per heavy atom. The third-order valence-electron chi connectivity index (χ3n) is 6.28. The van der Waals surface area contributed by atoms with Crippen LogP contribution >= 0.6 is 0 Å². The summed E-state index contributed by atoms with van der Waals surface area (Å²) in [5.74, 6) is 1.14. The number of anilines is 2. The van der Waals surface area contributed by atoms with Crippen molar-refractivity contribution >= 4 is 29.2 Å². The Balaban J connectivity index is 1.53. The topological polar surface area (TPSA) is 91.2 Å². The molecule has 0 spiro atoms. The Morgan fingerprint density at radius 1 is 1.31 bits per heavy atom. The summed E-state index contributed by atoms with van der Waals surface area (Å²) in [4.78, 5) is 8.93. The number of halogens is 2. The maximum atomic E-state index is 13.1. The second-order valence-corrected chi connectivity index (χ2v) is 8.73. The molecule has 168 valence electrons. The molecule has 0 amide bonds. The minimum atomic E-state index is -2.45. The lowest BCUT2D eigenvalue weighted by Crippen LogP contribution is -2.39. The molecule has 8 nitrogen and oxygen atoms in total.